The van der Waals surface area contributed by atoms with Gasteiger partial charge in [-0.05, 0) is 19.3 Å². The second kappa shape index (κ2) is 11.7. The third-order valence-corrected chi connectivity index (χ3v) is 1.60. The number of aliphatic hydroxyl groups is 2. The van der Waals surface area contributed by atoms with E-state index in [9.17, 15) is 0 Å². The SMILES string of the molecule is O=[N+]([O-])O.O[C@H]1C=CCCC[C@@H]1O.[Ag+].[CH3-]. The molecule has 0 saturated carbocycles. The van der Waals surface area contributed by atoms with Crippen molar-refractivity contribution in [1.29, 1.82) is 0 Å². The summed E-state index contributed by atoms with van der Waals surface area (Å²) < 4.78 is 0. The predicted octanol–water partition coefficient (Wildman–Crippen LogP) is 0.548. The monoisotopic (exact) mass is 313 g/mol. The Kier molecular flexibility index (Phi) is 15.6. The van der Waals surface area contributed by atoms with Crippen molar-refractivity contribution in [1.82, 2.24) is 0 Å². The first-order chi connectivity index (χ1) is 6.04. The van der Waals surface area contributed by atoms with E-state index in [1.54, 1.807) is 6.08 Å². The number of nitrogens with zero attached hydrogens (tertiary/aromatic N) is 1. The number of hydrogen-bond donors (Lipinski definition) is 3. The molecule has 1 aliphatic carbocycles. The first-order valence-electron chi connectivity index (χ1n) is 3.90. The molecule has 0 aliphatic heterocycles. The van der Waals surface area contributed by atoms with Crippen LogP contribution < -0.4 is 0 Å². The standard InChI is InChI=1S/C7H12O2.CH3.Ag.HNO3/c8-6-4-2-1-3-5-7(6)9;;;2-1(3)4/h2,4,6-9H,1,3,5H2;1H3;;(H,2,3,4)/q;-1;+1;/t6-,7-;;;/m0.../s1. The summed E-state index contributed by atoms with van der Waals surface area (Å²) in [5, 5.41) is 31.7. The number of allylic oxidation sites excluding steroid dienone is 1. The van der Waals surface area contributed by atoms with E-state index >= 15 is 0 Å². The molecule has 0 aromatic heterocycles. The van der Waals surface area contributed by atoms with Crippen LogP contribution in [0.15, 0.2) is 12.2 Å². The molecule has 0 unspecified atom stereocenters. The molecule has 3 N–H and O–H groups in total. The summed E-state index contributed by atoms with van der Waals surface area (Å²) in [4.78, 5) is 8.36. The molecule has 1 rings (SSSR count). The zero-order chi connectivity index (χ0) is 10.3. The molecule has 0 aromatic carbocycles. The maximum Gasteiger partial charge on any atom is 1.00 e. The third-order valence-electron chi connectivity index (χ3n) is 1.60. The number of hydrogen-bond acceptors (Lipinski definition) is 4. The summed E-state index contributed by atoms with van der Waals surface area (Å²) in [5.74, 6) is 0. The second-order valence-electron chi connectivity index (χ2n) is 2.65. The zero-order valence-corrected chi connectivity index (χ0v) is 9.82. The van der Waals surface area contributed by atoms with Gasteiger partial charge in [0.2, 0.25) is 0 Å². The van der Waals surface area contributed by atoms with Gasteiger partial charge in [0.05, 0.1) is 12.2 Å². The third kappa shape index (κ3) is 13.6. The molecule has 0 saturated heterocycles. The van der Waals surface area contributed by atoms with Crippen LogP contribution in [0.3, 0.4) is 0 Å². The largest absolute Gasteiger partial charge is 1.00 e. The van der Waals surface area contributed by atoms with Crippen molar-refractivity contribution in [2.24, 2.45) is 0 Å². The fourth-order valence-corrected chi connectivity index (χ4v) is 0.980. The van der Waals surface area contributed by atoms with Crippen molar-refractivity contribution in [2.45, 2.75) is 31.5 Å². The van der Waals surface area contributed by atoms with Crippen molar-refractivity contribution < 1.29 is 42.9 Å². The first kappa shape index (κ1) is 20.1. The molecule has 6 nitrogen and oxygen atoms in total. The van der Waals surface area contributed by atoms with E-state index < -0.39 is 17.3 Å². The van der Waals surface area contributed by atoms with Crippen LogP contribution in [-0.2, 0) is 22.4 Å². The molecule has 0 radical (unpaired) electrons. The average molecular weight is 314 g/mol. The van der Waals surface area contributed by atoms with Crippen molar-refractivity contribution >= 4 is 0 Å². The molecule has 2 atom stereocenters. The molecule has 0 aromatic rings. The summed E-state index contributed by atoms with van der Waals surface area (Å²) >= 11 is 0. The van der Waals surface area contributed by atoms with Crippen LogP contribution in [0.2, 0.25) is 0 Å². The molecule has 94 valence electrons. The van der Waals surface area contributed by atoms with Crippen LogP contribution in [0.1, 0.15) is 19.3 Å². The Morgan fingerprint density at radius 2 is 1.87 bits per heavy atom. The van der Waals surface area contributed by atoms with Gasteiger partial charge in [-0.2, -0.15) is 0 Å². The van der Waals surface area contributed by atoms with E-state index in [0.29, 0.717) is 6.42 Å². The van der Waals surface area contributed by atoms with Crippen LogP contribution >= 0.6 is 0 Å². The minimum absolute atomic E-state index is 0. The summed E-state index contributed by atoms with van der Waals surface area (Å²) in [6.45, 7) is 0. The van der Waals surface area contributed by atoms with Gasteiger partial charge in [-0.1, -0.05) is 12.2 Å². The van der Waals surface area contributed by atoms with Gasteiger partial charge in [0.25, 0.3) is 5.09 Å². The van der Waals surface area contributed by atoms with Crippen molar-refractivity contribution in [2.75, 3.05) is 0 Å². The van der Waals surface area contributed by atoms with Gasteiger partial charge in [-0.3, -0.25) is 0 Å². The van der Waals surface area contributed by atoms with Gasteiger partial charge < -0.3 is 22.8 Å². The van der Waals surface area contributed by atoms with Gasteiger partial charge >= 0.3 is 22.4 Å². The maximum absolute atomic E-state index is 9.06. The van der Waals surface area contributed by atoms with Gasteiger partial charge in [-0.25, -0.2) is 0 Å². The molecule has 0 heterocycles. The van der Waals surface area contributed by atoms with Crippen LogP contribution in [0.4, 0.5) is 0 Å². The normalized spacial score (nSPS) is 23.3. The molecule has 0 spiro atoms. The smallest absolute Gasteiger partial charge is 0.390 e. The fraction of sp³-hybridized carbons (Fsp3) is 0.625. The summed E-state index contributed by atoms with van der Waals surface area (Å²) in [7, 11) is 0. The molecule has 15 heavy (non-hydrogen) atoms. The van der Waals surface area contributed by atoms with Gasteiger partial charge in [0, 0.05) is 0 Å². The van der Waals surface area contributed by atoms with E-state index in [2.05, 4.69) is 0 Å². The molecular formula is C8H16AgNO5. The van der Waals surface area contributed by atoms with Crippen molar-refractivity contribution in [3.8, 4) is 0 Å². The van der Waals surface area contributed by atoms with Crippen molar-refractivity contribution in [3.63, 3.8) is 0 Å². The Labute approximate surface area is 104 Å². The van der Waals surface area contributed by atoms with E-state index in [1.165, 1.54) is 0 Å². The Bertz CT molecular complexity index is 184. The predicted molar refractivity (Wildman–Crippen MR) is 50.2 cm³/mol. The van der Waals surface area contributed by atoms with Gasteiger partial charge in [0.15, 0.2) is 0 Å². The van der Waals surface area contributed by atoms with Gasteiger partial charge in [-0.15, -0.1) is 10.1 Å². The molecular weight excluding hydrogens is 298 g/mol. The Morgan fingerprint density at radius 1 is 1.40 bits per heavy atom. The summed E-state index contributed by atoms with van der Waals surface area (Å²) in [5.41, 5.74) is 0. The molecule has 0 bridgehead atoms. The molecule has 0 fully saturated rings. The van der Waals surface area contributed by atoms with E-state index in [0.717, 1.165) is 12.8 Å². The topological polar surface area (TPSA) is 104 Å². The van der Waals surface area contributed by atoms with Crippen LogP contribution in [0, 0.1) is 17.5 Å². The van der Waals surface area contributed by atoms with Crippen molar-refractivity contribution in [3.05, 3.63) is 29.7 Å². The van der Waals surface area contributed by atoms with Crippen LogP contribution in [-0.4, -0.2) is 32.7 Å². The first-order valence-corrected chi connectivity index (χ1v) is 3.90. The number of aliphatic hydroxyl groups excluding tert-OH is 2. The maximum atomic E-state index is 9.06. The quantitative estimate of drug-likeness (QED) is 0.199. The van der Waals surface area contributed by atoms with E-state index in [4.69, 9.17) is 25.5 Å². The van der Waals surface area contributed by atoms with Crippen LogP contribution in [0.5, 0.6) is 0 Å². The Morgan fingerprint density at radius 3 is 2.33 bits per heavy atom. The zero-order valence-electron chi connectivity index (χ0n) is 8.34. The fourth-order valence-electron chi connectivity index (χ4n) is 0.980. The van der Waals surface area contributed by atoms with E-state index in [1.807, 2.05) is 6.08 Å². The number of rotatable bonds is 0. The summed E-state index contributed by atoms with van der Waals surface area (Å²) in [6.07, 6.45) is 5.09. The molecule has 1 aliphatic rings. The van der Waals surface area contributed by atoms with Crippen LogP contribution in [0.25, 0.3) is 0 Å². The molecule has 0 amide bonds. The molecule has 7 heteroatoms. The minimum Gasteiger partial charge on any atom is -0.390 e. The Hall–Kier alpha value is -0.400. The summed E-state index contributed by atoms with van der Waals surface area (Å²) in [6, 6.07) is 0. The minimum atomic E-state index is -1.50. The van der Waals surface area contributed by atoms with Gasteiger partial charge in [0.1, 0.15) is 0 Å². The average Bonchev–Trinajstić information content (AvgIpc) is 2.16. The Balaban J connectivity index is -0.000000213. The second-order valence-corrected chi connectivity index (χ2v) is 2.65. The van der Waals surface area contributed by atoms with E-state index in [-0.39, 0.29) is 29.8 Å².